The molecule has 0 aromatic carbocycles. The van der Waals surface area contributed by atoms with Crippen molar-refractivity contribution in [3.8, 4) is 0 Å². The average molecular weight is 325 g/mol. The van der Waals surface area contributed by atoms with E-state index in [9.17, 15) is 25.0 Å². The van der Waals surface area contributed by atoms with Gasteiger partial charge in [0.15, 0.2) is 0 Å². The predicted molar refractivity (Wildman–Crippen MR) is 83.4 cm³/mol. The van der Waals surface area contributed by atoms with Gasteiger partial charge in [0, 0.05) is 19.7 Å². The van der Waals surface area contributed by atoms with Crippen molar-refractivity contribution in [2.24, 2.45) is 0 Å². The molecule has 0 aliphatic carbocycles. The number of ether oxygens (including phenoxy) is 1. The van der Waals surface area contributed by atoms with E-state index in [-0.39, 0.29) is 17.8 Å². The summed E-state index contributed by atoms with van der Waals surface area (Å²) in [4.78, 5) is 33.8. The topological polar surface area (TPSA) is 116 Å². The third kappa shape index (κ3) is 6.55. The molecule has 0 spiro atoms. The van der Waals surface area contributed by atoms with Gasteiger partial charge in [-0.3, -0.25) is 20.2 Å². The summed E-state index contributed by atoms with van der Waals surface area (Å²) in [7, 11) is 3.40. The van der Waals surface area contributed by atoms with Crippen LogP contribution in [0.1, 0.15) is 13.8 Å². The van der Waals surface area contributed by atoms with Crippen LogP contribution in [0, 0.1) is 20.2 Å². The second-order valence-corrected chi connectivity index (χ2v) is 4.58. The second kappa shape index (κ2) is 9.13. The summed E-state index contributed by atoms with van der Waals surface area (Å²) in [6, 6.07) is 0. The number of carbonyl (C=O) groups excluding carboxylic acids is 1. The van der Waals surface area contributed by atoms with E-state index >= 15 is 0 Å². The first-order chi connectivity index (χ1) is 10.6. The highest BCUT2D eigenvalue weighted by molar-refractivity contribution is 5.88. The Hall–Kier alpha value is -2.97. The number of carbonyl (C=O) groups is 1. The van der Waals surface area contributed by atoms with E-state index in [0.29, 0.717) is 6.08 Å². The third-order valence-corrected chi connectivity index (χ3v) is 2.54. The van der Waals surface area contributed by atoms with Crippen LogP contribution in [0.3, 0.4) is 0 Å². The van der Waals surface area contributed by atoms with Crippen molar-refractivity contribution in [1.82, 2.24) is 4.90 Å². The summed E-state index contributed by atoms with van der Waals surface area (Å²) >= 11 is 0. The van der Waals surface area contributed by atoms with Crippen molar-refractivity contribution in [3.05, 3.63) is 67.7 Å². The molecule has 0 amide bonds. The van der Waals surface area contributed by atoms with E-state index in [4.69, 9.17) is 0 Å². The van der Waals surface area contributed by atoms with Crippen molar-refractivity contribution in [2.45, 2.75) is 13.8 Å². The zero-order valence-corrected chi connectivity index (χ0v) is 13.4. The van der Waals surface area contributed by atoms with Crippen molar-refractivity contribution in [1.29, 1.82) is 0 Å². The lowest BCUT2D eigenvalue weighted by Crippen LogP contribution is -2.12. The molecule has 0 unspecified atom stereocenters. The maximum atomic E-state index is 11.6. The van der Waals surface area contributed by atoms with Crippen molar-refractivity contribution >= 4 is 5.97 Å². The fourth-order valence-electron chi connectivity index (χ4n) is 1.36. The average Bonchev–Trinajstić information content (AvgIpc) is 2.44. The largest absolute Gasteiger partial charge is 0.462 e. The highest BCUT2D eigenvalue weighted by atomic mass is 16.6. The Balaban J connectivity index is 5.96. The Labute approximate surface area is 133 Å². The normalized spacial score (nSPS) is 12.6. The number of hydrogen-bond donors (Lipinski definition) is 0. The maximum absolute atomic E-state index is 11.6. The molecular formula is C14H19N3O6. The molecule has 126 valence electrons. The molecule has 9 heteroatoms. The SMILES string of the molecule is C=C(/C=C/N(C)C)/C(=C\C(=C(/C)C(=O)OCC)[N+](=O)[O-])[N+](=O)[O-]. The lowest BCUT2D eigenvalue weighted by atomic mass is 10.1. The molecule has 0 aliphatic heterocycles. The van der Waals surface area contributed by atoms with Crippen LogP contribution >= 0.6 is 0 Å². The van der Waals surface area contributed by atoms with Gasteiger partial charge in [-0.1, -0.05) is 6.58 Å². The monoisotopic (exact) mass is 325 g/mol. The van der Waals surface area contributed by atoms with Crippen LogP contribution in [0.2, 0.25) is 0 Å². The van der Waals surface area contributed by atoms with Gasteiger partial charge in [-0.25, -0.2) is 4.79 Å². The molecule has 0 fully saturated rings. The van der Waals surface area contributed by atoms with Crippen molar-refractivity contribution < 1.29 is 19.4 Å². The first kappa shape index (κ1) is 20.0. The number of allylic oxidation sites excluding steroid dienone is 2. The van der Waals surface area contributed by atoms with Gasteiger partial charge in [-0.15, -0.1) is 0 Å². The predicted octanol–water partition coefficient (Wildman–Crippen LogP) is 1.89. The Bertz CT molecular complexity index is 602. The van der Waals surface area contributed by atoms with Gasteiger partial charge >= 0.3 is 5.97 Å². The van der Waals surface area contributed by atoms with E-state index in [2.05, 4.69) is 11.3 Å². The smallest absolute Gasteiger partial charge is 0.340 e. The van der Waals surface area contributed by atoms with Crippen molar-refractivity contribution in [2.75, 3.05) is 20.7 Å². The Morgan fingerprint density at radius 1 is 1.26 bits per heavy atom. The molecule has 0 aromatic rings. The van der Waals surface area contributed by atoms with E-state index in [0.717, 1.165) is 0 Å². The highest BCUT2D eigenvalue weighted by Crippen LogP contribution is 2.17. The molecule has 0 N–H and O–H groups in total. The van der Waals surface area contributed by atoms with Gasteiger partial charge in [0.05, 0.1) is 22.5 Å². The summed E-state index contributed by atoms with van der Waals surface area (Å²) < 4.78 is 4.67. The highest BCUT2D eigenvalue weighted by Gasteiger charge is 2.25. The first-order valence-electron chi connectivity index (χ1n) is 6.54. The molecule has 0 saturated carbocycles. The minimum Gasteiger partial charge on any atom is -0.462 e. The Morgan fingerprint density at radius 3 is 2.22 bits per heavy atom. The van der Waals surface area contributed by atoms with Crippen LogP contribution in [-0.4, -0.2) is 41.4 Å². The Morgan fingerprint density at radius 2 is 1.83 bits per heavy atom. The minimum absolute atomic E-state index is 0.0330. The molecule has 23 heavy (non-hydrogen) atoms. The zero-order valence-electron chi connectivity index (χ0n) is 13.4. The molecule has 0 rings (SSSR count). The third-order valence-electron chi connectivity index (χ3n) is 2.54. The van der Waals surface area contributed by atoms with Gasteiger partial charge in [0.25, 0.3) is 11.4 Å². The number of nitrogens with zero attached hydrogens (tertiary/aromatic N) is 3. The van der Waals surface area contributed by atoms with Gasteiger partial charge in [0.1, 0.15) is 5.57 Å². The number of hydrogen-bond acceptors (Lipinski definition) is 7. The molecule has 0 aromatic heterocycles. The lowest BCUT2D eigenvalue weighted by molar-refractivity contribution is -0.432. The molecule has 9 nitrogen and oxygen atoms in total. The molecule has 0 radical (unpaired) electrons. The molecule has 0 saturated heterocycles. The fourth-order valence-corrected chi connectivity index (χ4v) is 1.36. The van der Waals surface area contributed by atoms with E-state index in [1.165, 1.54) is 19.2 Å². The van der Waals surface area contributed by atoms with Gasteiger partial charge in [-0.05, 0) is 26.1 Å². The number of esters is 1. The molecule has 0 bridgehead atoms. The van der Waals surface area contributed by atoms with E-state index in [1.54, 1.807) is 25.9 Å². The van der Waals surface area contributed by atoms with Gasteiger partial charge in [-0.2, -0.15) is 0 Å². The van der Waals surface area contributed by atoms with Crippen LogP contribution < -0.4 is 0 Å². The van der Waals surface area contributed by atoms with Gasteiger partial charge in [0.2, 0.25) is 0 Å². The standard InChI is InChI=1S/C14H19N3O6/c1-6-23-14(18)11(3)13(17(21)22)9-12(16(19)20)10(2)7-8-15(4)5/h7-9H,2,6H2,1,3-5H3/b8-7+,12-9+,13-11-. The quantitative estimate of drug-likeness (QED) is 0.220. The van der Waals surface area contributed by atoms with Crippen LogP contribution in [0.4, 0.5) is 0 Å². The summed E-state index contributed by atoms with van der Waals surface area (Å²) in [5.41, 5.74) is -1.67. The minimum atomic E-state index is -0.910. The summed E-state index contributed by atoms with van der Waals surface area (Å²) in [6.07, 6.45) is 3.55. The first-order valence-corrected chi connectivity index (χ1v) is 6.54. The molecule has 0 heterocycles. The lowest BCUT2D eigenvalue weighted by Gasteiger charge is -2.04. The molecular weight excluding hydrogens is 306 g/mol. The summed E-state index contributed by atoms with van der Waals surface area (Å²) in [5.74, 6) is -0.910. The van der Waals surface area contributed by atoms with E-state index in [1.807, 2.05) is 0 Å². The zero-order chi connectivity index (χ0) is 18.2. The molecule has 0 aliphatic rings. The maximum Gasteiger partial charge on any atom is 0.340 e. The van der Waals surface area contributed by atoms with Crippen LogP contribution in [0.15, 0.2) is 47.5 Å². The van der Waals surface area contributed by atoms with Crippen LogP contribution in [0.5, 0.6) is 0 Å². The molecule has 0 atom stereocenters. The van der Waals surface area contributed by atoms with E-state index < -0.39 is 27.2 Å². The fraction of sp³-hybridized carbons (Fsp3) is 0.357. The van der Waals surface area contributed by atoms with Gasteiger partial charge < -0.3 is 9.64 Å². The van der Waals surface area contributed by atoms with Crippen molar-refractivity contribution in [3.63, 3.8) is 0 Å². The van der Waals surface area contributed by atoms with Crippen LogP contribution in [0.25, 0.3) is 0 Å². The second-order valence-electron chi connectivity index (χ2n) is 4.58. The number of nitro groups is 2. The Kier molecular flexibility index (Phi) is 7.95. The number of rotatable bonds is 8. The summed E-state index contributed by atoms with van der Waals surface area (Å²) in [5, 5.41) is 22.2. The summed E-state index contributed by atoms with van der Waals surface area (Å²) in [6.45, 7) is 6.26. The van der Waals surface area contributed by atoms with Crippen LogP contribution in [-0.2, 0) is 9.53 Å².